The quantitative estimate of drug-likeness (QED) is 0.257. The van der Waals surface area contributed by atoms with Crippen LogP contribution in [0.4, 0.5) is 5.69 Å². The van der Waals surface area contributed by atoms with E-state index < -0.39 is 11.8 Å². The maximum atomic E-state index is 12.7. The summed E-state index contributed by atoms with van der Waals surface area (Å²) in [5.74, 6) is -0.508. The van der Waals surface area contributed by atoms with Crippen LogP contribution in [0.3, 0.4) is 0 Å². The topological polar surface area (TPSA) is 75.5 Å². The third-order valence-electron chi connectivity index (χ3n) is 7.89. The monoisotopic (exact) mass is 472 g/mol. The van der Waals surface area contributed by atoms with Crippen LogP contribution < -0.4 is 10.7 Å². The van der Waals surface area contributed by atoms with Crippen LogP contribution in [0.15, 0.2) is 47.6 Å². The van der Waals surface area contributed by atoms with Crippen molar-refractivity contribution in [3.63, 3.8) is 0 Å². The molecule has 5 rings (SSSR count). The molecule has 2 saturated carbocycles. The van der Waals surface area contributed by atoms with Crippen LogP contribution in [0.1, 0.15) is 71.1 Å². The first-order chi connectivity index (χ1) is 17.2. The fraction of sp³-hybridized carbons (Fsp3) is 0.483. The van der Waals surface area contributed by atoms with Crippen LogP contribution in [0, 0.1) is 11.8 Å². The number of hydrogen-bond acceptors (Lipinski definition) is 3. The van der Waals surface area contributed by atoms with Crippen molar-refractivity contribution in [3.8, 4) is 0 Å². The van der Waals surface area contributed by atoms with Crippen LogP contribution in [-0.4, -0.2) is 22.1 Å². The van der Waals surface area contributed by atoms with Crippen molar-refractivity contribution >= 4 is 45.0 Å². The molecule has 0 aliphatic heterocycles. The predicted molar refractivity (Wildman–Crippen MR) is 142 cm³/mol. The number of fused-ring (bicyclic) bond motifs is 3. The number of benzene rings is 2. The maximum absolute atomic E-state index is 12.7. The molecule has 0 spiro atoms. The van der Waals surface area contributed by atoms with E-state index in [2.05, 4.69) is 39.5 Å². The molecule has 0 unspecified atom stereocenters. The molecule has 35 heavy (non-hydrogen) atoms. The molecule has 6 heteroatoms. The lowest BCUT2D eigenvalue weighted by Gasteiger charge is -2.30. The summed E-state index contributed by atoms with van der Waals surface area (Å²) < 4.78 is 2.26. The van der Waals surface area contributed by atoms with E-state index in [9.17, 15) is 9.59 Å². The highest BCUT2D eigenvalue weighted by Gasteiger charge is 2.28. The van der Waals surface area contributed by atoms with Gasteiger partial charge in [-0.15, -0.1) is 0 Å². The predicted octanol–water partition coefficient (Wildman–Crippen LogP) is 6.39. The molecule has 0 atom stereocenters. The average Bonchev–Trinajstić information content (AvgIpc) is 3.23. The Bertz CT molecular complexity index is 1230. The van der Waals surface area contributed by atoms with Crippen molar-refractivity contribution in [1.82, 2.24) is 9.99 Å². The molecule has 0 radical (unpaired) electrons. The Balaban J connectivity index is 1.32. The number of anilines is 1. The number of nitrogens with one attached hydrogen (secondary N) is 2. The number of amides is 2. The molecule has 2 fully saturated rings. The second kappa shape index (κ2) is 10.6. The van der Waals surface area contributed by atoms with Gasteiger partial charge in [-0.25, -0.2) is 5.43 Å². The lowest BCUT2D eigenvalue weighted by molar-refractivity contribution is -0.136. The van der Waals surface area contributed by atoms with Gasteiger partial charge < -0.3 is 9.88 Å². The van der Waals surface area contributed by atoms with Gasteiger partial charge in [0.25, 0.3) is 0 Å². The molecule has 2 N–H and O–H groups in total. The lowest BCUT2D eigenvalue weighted by Crippen LogP contribution is -2.36. The standard InChI is InChI=1S/C29H36N4O2/c1-2-33-25-16-10-9-15-23(25)24-19-22(17-18-26(24)33)30-28(34)29(35)32-31-27(20-11-5-3-6-12-20)21-13-7-4-8-14-21/h9-10,15-21H,2-8,11-14H2,1H3,(H,30,34)(H,32,35). The van der Waals surface area contributed by atoms with Gasteiger partial charge in [-0.3, -0.25) is 9.59 Å². The number of aryl methyl sites for hydroxylation is 1. The van der Waals surface area contributed by atoms with Crippen molar-refractivity contribution in [1.29, 1.82) is 0 Å². The molecule has 6 nitrogen and oxygen atoms in total. The number of carbonyl (C=O) groups is 2. The van der Waals surface area contributed by atoms with E-state index in [4.69, 9.17) is 0 Å². The fourth-order valence-electron chi connectivity index (χ4n) is 6.14. The average molecular weight is 473 g/mol. The molecule has 2 aromatic carbocycles. The third kappa shape index (κ3) is 4.97. The molecule has 3 aromatic rings. The van der Waals surface area contributed by atoms with E-state index in [-0.39, 0.29) is 0 Å². The summed E-state index contributed by atoms with van der Waals surface area (Å²) in [6, 6.07) is 14.1. The van der Waals surface area contributed by atoms with Crippen molar-refractivity contribution < 1.29 is 9.59 Å². The number of hydrazone groups is 1. The molecule has 2 aliphatic rings. The first-order valence-electron chi connectivity index (χ1n) is 13.4. The number of para-hydroxylation sites is 1. The Hall–Kier alpha value is -3.15. The number of nitrogens with zero attached hydrogens (tertiary/aromatic N) is 2. The van der Waals surface area contributed by atoms with Crippen LogP contribution in [-0.2, 0) is 16.1 Å². The van der Waals surface area contributed by atoms with Gasteiger partial charge in [-0.1, -0.05) is 56.7 Å². The van der Waals surface area contributed by atoms with E-state index >= 15 is 0 Å². The normalized spacial score (nSPS) is 17.4. The highest BCUT2D eigenvalue weighted by Crippen LogP contribution is 2.34. The van der Waals surface area contributed by atoms with Gasteiger partial charge in [0.1, 0.15) is 0 Å². The first-order valence-corrected chi connectivity index (χ1v) is 13.4. The molecule has 0 saturated heterocycles. The van der Waals surface area contributed by atoms with Gasteiger partial charge in [0.15, 0.2) is 0 Å². The van der Waals surface area contributed by atoms with Gasteiger partial charge in [0.05, 0.1) is 0 Å². The largest absolute Gasteiger partial charge is 0.341 e. The van der Waals surface area contributed by atoms with Gasteiger partial charge in [0.2, 0.25) is 0 Å². The van der Waals surface area contributed by atoms with Crippen molar-refractivity contribution in [2.24, 2.45) is 16.9 Å². The molecular formula is C29H36N4O2. The molecule has 1 aromatic heterocycles. The van der Waals surface area contributed by atoms with E-state index in [0.717, 1.165) is 54.2 Å². The van der Waals surface area contributed by atoms with Crippen LogP contribution >= 0.6 is 0 Å². The first kappa shape index (κ1) is 23.6. The third-order valence-corrected chi connectivity index (χ3v) is 7.89. The minimum Gasteiger partial charge on any atom is -0.341 e. The Morgan fingerprint density at radius 3 is 2.11 bits per heavy atom. The number of aromatic nitrogens is 1. The Labute approximate surface area is 207 Å². The number of carbonyl (C=O) groups excluding carboxylic acids is 2. The summed E-state index contributed by atoms with van der Waals surface area (Å²) >= 11 is 0. The smallest absolute Gasteiger partial charge is 0.329 e. The second-order valence-corrected chi connectivity index (χ2v) is 10.1. The summed E-state index contributed by atoms with van der Waals surface area (Å²) in [5.41, 5.74) is 6.63. The summed E-state index contributed by atoms with van der Waals surface area (Å²) in [6.45, 7) is 2.99. The van der Waals surface area contributed by atoms with E-state index in [1.54, 1.807) is 0 Å². The molecule has 2 amide bonds. The van der Waals surface area contributed by atoms with E-state index in [1.807, 2.05) is 30.3 Å². The van der Waals surface area contributed by atoms with Crippen molar-refractivity contribution in [3.05, 3.63) is 42.5 Å². The molecule has 2 aliphatic carbocycles. The van der Waals surface area contributed by atoms with Gasteiger partial charge in [0, 0.05) is 39.7 Å². The van der Waals surface area contributed by atoms with Crippen LogP contribution in [0.2, 0.25) is 0 Å². The van der Waals surface area contributed by atoms with Crippen molar-refractivity contribution in [2.75, 3.05) is 5.32 Å². The maximum Gasteiger partial charge on any atom is 0.329 e. The fourth-order valence-corrected chi connectivity index (χ4v) is 6.14. The van der Waals surface area contributed by atoms with E-state index in [0.29, 0.717) is 17.5 Å². The summed E-state index contributed by atoms with van der Waals surface area (Å²) in [4.78, 5) is 25.5. The second-order valence-electron chi connectivity index (χ2n) is 10.1. The Morgan fingerprint density at radius 1 is 0.829 bits per heavy atom. The van der Waals surface area contributed by atoms with Gasteiger partial charge >= 0.3 is 11.8 Å². The minimum atomic E-state index is -0.704. The molecule has 1 heterocycles. The van der Waals surface area contributed by atoms with Gasteiger partial charge in [-0.2, -0.15) is 5.10 Å². The number of rotatable bonds is 5. The minimum absolute atomic E-state index is 0.438. The van der Waals surface area contributed by atoms with Crippen LogP contribution in [0.25, 0.3) is 21.8 Å². The lowest BCUT2D eigenvalue weighted by atomic mass is 9.76. The zero-order valence-electron chi connectivity index (χ0n) is 20.7. The summed E-state index contributed by atoms with van der Waals surface area (Å²) in [7, 11) is 0. The molecule has 0 bridgehead atoms. The van der Waals surface area contributed by atoms with Crippen molar-refractivity contribution in [2.45, 2.75) is 77.7 Å². The molecule has 184 valence electrons. The zero-order valence-corrected chi connectivity index (χ0v) is 20.7. The zero-order chi connectivity index (χ0) is 24.2. The highest BCUT2D eigenvalue weighted by molar-refractivity contribution is 6.39. The summed E-state index contributed by atoms with van der Waals surface area (Å²) in [5, 5.41) is 9.57. The Kier molecular flexibility index (Phi) is 7.16. The number of hydrogen-bond donors (Lipinski definition) is 2. The SMILES string of the molecule is CCn1c2ccccc2c2cc(NC(=O)C(=O)NN=C(C3CCCCC3)C3CCCCC3)ccc21. The van der Waals surface area contributed by atoms with Crippen LogP contribution in [0.5, 0.6) is 0 Å². The highest BCUT2D eigenvalue weighted by atomic mass is 16.2. The van der Waals surface area contributed by atoms with E-state index in [1.165, 1.54) is 44.0 Å². The molecular weight excluding hydrogens is 436 g/mol. The van der Waals surface area contributed by atoms with Gasteiger partial charge in [-0.05, 0) is 68.7 Å². The summed E-state index contributed by atoms with van der Waals surface area (Å²) in [6.07, 6.45) is 12.0. The Morgan fingerprint density at radius 2 is 1.46 bits per heavy atom.